The first-order valence-electron chi connectivity index (χ1n) is 11.4. The molecule has 0 bridgehead atoms. The number of furan rings is 1. The number of nitrogens with zero attached hydrogens (tertiary/aromatic N) is 6. The van der Waals surface area contributed by atoms with E-state index in [1.54, 1.807) is 18.2 Å². The molecule has 0 amide bonds. The quantitative estimate of drug-likeness (QED) is 0.412. The van der Waals surface area contributed by atoms with E-state index < -0.39 is 11.7 Å². The number of hydrazone groups is 1. The Morgan fingerprint density at radius 3 is 2.34 bits per heavy atom. The van der Waals surface area contributed by atoms with Crippen LogP contribution in [0.15, 0.2) is 45.9 Å². The summed E-state index contributed by atoms with van der Waals surface area (Å²) in [6, 6.07) is 8.21. The van der Waals surface area contributed by atoms with Crippen LogP contribution in [-0.4, -0.2) is 60.6 Å². The van der Waals surface area contributed by atoms with Gasteiger partial charge in [-0.05, 0) is 37.1 Å². The summed E-state index contributed by atoms with van der Waals surface area (Å²) in [6.45, 7) is 4.38. The lowest BCUT2D eigenvalue weighted by atomic mass is 10.1. The van der Waals surface area contributed by atoms with Gasteiger partial charge in [-0.25, -0.2) is 5.43 Å². The molecule has 0 aliphatic carbocycles. The number of rotatable bonds is 6. The maximum absolute atomic E-state index is 13.0. The van der Waals surface area contributed by atoms with E-state index in [0.717, 1.165) is 38.1 Å². The van der Waals surface area contributed by atoms with Crippen LogP contribution in [0.1, 0.15) is 24.2 Å². The maximum atomic E-state index is 13.0. The van der Waals surface area contributed by atoms with Crippen molar-refractivity contribution in [3.63, 3.8) is 0 Å². The minimum absolute atomic E-state index is 0.296. The van der Waals surface area contributed by atoms with Crippen molar-refractivity contribution in [2.24, 2.45) is 5.10 Å². The van der Waals surface area contributed by atoms with E-state index in [9.17, 15) is 13.2 Å². The van der Waals surface area contributed by atoms with Crippen LogP contribution in [0.4, 0.5) is 31.0 Å². The van der Waals surface area contributed by atoms with Gasteiger partial charge in [-0.3, -0.25) is 0 Å². The summed E-state index contributed by atoms with van der Waals surface area (Å²) < 4.78 is 50.1. The molecule has 9 nitrogen and oxygen atoms in total. The van der Waals surface area contributed by atoms with E-state index in [4.69, 9.17) is 9.15 Å². The summed E-state index contributed by atoms with van der Waals surface area (Å²) in [4.78, 5) is 17.8. The second-order valence-corrected chi connectivity index (χ2v) is 8.20. The van der Waals surface area contributed by atoms with Crippen molar-refractivity contribution in [2.75, 3.05) is 54.6 Å². The van der Waals surface area contributed by atoms with Crippen molar-refractivity contribution < 1.29 is 22.3 Å². The van der Waals surface area contributed by atoms with Crippen LogP contribution in [0, 0.1) is 0 Å². The van der Waals surface area contributed by atoms with E-state index >= 15 is 0 Å². The second-order valence-electron chi connectivity index (χ2n) is 8.20. The molecule has 2 fully saturated rings. The van der Waals surface area contributed by atoms with Crippen molar-refractivity contribution in [3.05, 3.63) is 47.7 Å². The lowest BCUT2D eigenvalue weighted by Gasteiger charge is -2.27. The van der Waals surface area contributed by atoms with Crippen LogP contribution in [0.3, 0.4) is 0 Å². The van der Waals surface area contributed by atoms with Crippen molar-refractivity contribution >= 4 is 24.1 Å². The molecule has 12 heteroatoms. The molecular formula is C23H24F3N7O2. The fourth-order valence-corrected chi connectivity index (χ4v) is 3.95. The molecule has 2 aromatic heterocycles. The van der Waals surface area contributed by atoms with Gasteiger partial charge in [0.15, 0.2) is 0 Å². The van der Waals surface area contributed by atoms with Crippen molar-refractivity contribution in [3.8, 4) is 11.3 Å². The van der Waals surface area contributed by atoms with Gasteiger partial charge in [0.1, 0.15) is 11.5 Å². The average molecular weight is 487 g/mol. The van der Waals surface area contributed by atoms with Crippen LogP contribution in [0.2, 0.25) is 0 Å². The predicted molar refractivity (Wildman–Crippen MR) is 125 cm³/mol. The van der Waals surface area contributed by atoms with Gasteiger partial charge < -0.3 is 19.0 Å². The molecule has 1 aromatic carbocycles. The molecule has 0 unspecified atom stereocenters. The normalized spacial score (nSPS) is 16.9. The average Bonchev–Trinajstić information content (AvgIpc) is 3.57. The van der Waals surface area contributed by atoms with Crippen molar-refractivity contribution in [1.29, 1.82) is 0 Å². The molecule has 2 aliphatic heterocycles. The highest BCUT2D eigenvalue weighted by Crippen LogP contribution is 2.32. The van der Waals surface area contributed by atoms with Gasteiger partial charge in [0.05, 0.1) is 25.0 Å². The number of alkyl halides is 3. The first kappa shape index (κ1) is 23.1. The minimum atomic E-state index is -4.42. The van der Waals surface area contributed by atoms with Gasteiger partial charge in [0.25, 0.3) is 0 Å². The summed E-state index contributed by atoms with van der Waals surface area (Å²) in [5, 5.41) is 4.17. The van der Waals surface area contributed by atoms with Gasteiger partial charge in [0, 0.05) is 31.7 Å². The van der Waals surface area contributed by atoms with Gasteiger partial charge in [-0.1, -0.05) is 12.1 Å². The number of hydrogen-bond acceptors (Lipinski definition) is 9. The van der Waals surface area contributed by atoms with Crippen molar-refractivity contribution in [1.82, 2.24) is 15.0 Å². The zero-order valence-electron chi connectivity index (χ0n) is 18.8. The third-order valence-electron chi connectivity index (χ3n) is 5.75. The molecule has 0 radical (unpaired) electrons. The van der Waals surface area contributed by atoms with Gasteiger partial charge >= 0.3 is 6.18 Å². The number of nitrogens with one attached hydrogen (secondary N) is 1. The van der Waals surface area contributed by atoms with Crippen molar-refractivity contribution in [2.45, 2.75) is 19.0 Å². The Kier molecular flexibility index (Phi) is 6.53. The van der Waals surface area contributed by atoms with Gasteiger partial charge in [0.2, 0.25) is 17.8 Å². The van der Waals surface area contributed by atoms with Crippen LogP contribution in [-0.2, 0) is 10.9 Å². The van der Waals surface area contributed by atoms with E-state index in [1.807, 2.05) is 4.90 Å². The first-order chi connectivity index (χ1) is 17.0. The van der Waals surface area contributed by atoms with Crippen LogP contribution in [0.25, 0.3) is 11.3 Å². The summed E-state index contributed by atoms with van der Waals surface area (Å²) in [5.41, 5.74) is 2.42. The lowest BCUT2D eigenvalue weighted by Crippen LogP contribution is -2.38. The molecular weight excluding hydrogens is 463 g/mol. The Labute approximate surface area is 199 Å². The Bertz CT molecular complexity index is 1190. The number of halogens is 3. The number of aromatic nitrogens is 3. The standard InChI is InChI=1S/C23H24F3N7O2/c24-23(25,26)17-5-3-4-16(14-17)19-7-6-18(35-19)15-27-31-20-28-21(32-8-1-2-9-32)30-22(29-20)33-10-12-34-13-11-33/h3-7,14-15H,1-2,8-13H2,(H,28,29,30,31)/b27-15+. The fraction of sp³-hybridized carbons (Fsp3) is 0.391. The molecule has 4 heterocycles. The summed E-state index contributed by atoms with van der Waals surface area (Å²) in [5.74, 6) is 2.13. The molecule has 35 heavy (non-hydrogen) atoms. The van der Waals surface area contributed by atoms with Crippen LogP contribution >= 0.6 is 0 Å². The third kappa shape index (κ3) is 5.53. The largest absolute Gasteiger partial charge is 0.455 e. The Balaban J connectivity index is 1.32. The molecule has 0 atom stereocenters. The molecule has 2 saturated heterocycles. The first-order valence-corrected chi connectivity index (χ1v) is 11.4. The van der Waals surface area contributed by atoms with E-state index in [0.29, 0.717) is 61.2 Å². The Morgan fingerprint density at radius 1 is 0.914 bits per heavy atom. The summed E-state index contributed by atoms with van der Waals surface area (Å²) >= 11 is 0. The summed E-state index contributed by atoms with van der Waals surface area (Å²) in [6.07, 6.45) is -0.821. The third-order valence-corrected chi connectivity index (χ3v) is 5.75. The smallest absolute Gasteiger partial charge is 0.416 e. The highest BCUT2D eigenvalue weighted by Gasteiger charge is 2.30. The number of benzene rings is 1. The Hall–Kier alpha value is -3.67. The predicted octanol–water partition coefficient (Wildman–Crippen LogP) is 4.03. The lowest BCUT2D eigenvalue weighted by molar-refractivity contribution is -0.137. The molecule has 184 valence electrons. The molecule has 2 aliphatic rings. The molecule has 1 N–H and O–H groups in total. The second kappa shape index (κ2) is 9.90. The minimum Gasteiger partial charge on any atom is -0.455 e. The molecule has 0 spiro atoms. The highest BCUT2D eigenvalue weighted by atomic mass is 19.4. The Morgan fingerprint density at radius 2 is 1.63 bits per heavy atom. The van der Waals surface area contributed by atoms with E-state index in [2.05, 4.69) is 30.4 Å². The number of ether oxygens (including phenoxy) is 1. The molecule has 5 rings (SSSR count). The summed E-state index contributed by atoms with van der Waals surface area (Å²) in [7, 11) is 0. The van der Waals surface area contributed by atoms with Gasteiger partial charge in [-0.15, -0.1) is 0 Å². The maximum Gasteiger partial charge on any atom is 0.416 e. The van der Waals surface area contributed by atoms with Crippen LogP contribution < -0.4 is 15.2 Å². The SMILES string of the molecule is FC(F)(F)c1cccc(-c2ccc(/C=N/Nc3nc(N4CCCC4)nc(N4CCOCC4)n3)o2)c1. The van der Waals surface area contributed by atoms with Crippen LogP contribution in [0.5, 0.6) is 0 Å². The fourth-order valence-electron chi connectivity index (χ4n) is 3.95. The van der Waals surface area contributed by atoms with Gasteiger partial charge in [-0.2, -0.15) is 33.2 Å². The molecule has 3 aromatic rings. The van der Waals surface area contributed by atoms with E-state index in [-0.39, 0.29) is 0 Å². The molecule has 0 saturated carbocycles. The highest BCUT2D eigenvalue weighted by molar-refractivity contribution is 5.78. The zero-order valence-corrected chi connectivity index (χ0v) is 18.8. The number of morpholine rings is 1. The number of anilines is 3. The number of hydrogen-bond donors (Lipinski definition) is 1. The zero-order chi connectivity index (χ0) is 24.3. The topological polar surface area (TPSA) is 91.9 Å². The monoisotopic (exact) mass is 487 g/mol. The van der Waals surface area contributed by atoms with E-state index in [1.165, 1.54) is 12.3 Å².